The molecular formula is C12H13FN2O5. The van der Waals surface area contributed by atoms with Crippen molar-refractivity contribution >= 4 is 17.8 Å². The Hall–Kier alpha value is -2.51. The zero-order chi connectivity index (χ0) is 15.1. The van der Waals surface area contributed by atoms with Crippen molar-refractivity contribution in [1.29, 1.82) is 0 Å². The van der Waals surface area contributed by atoms with E-state index in [2.05, 4.69) is 14.5 Å². The Morgan fingerprint density at radius 2 is 1.75 bits per heavy atom. The average molecular weight is 284 g/mol. The number of rotatable bonds is 5. The van der Waals surface area contributed by atoms with E-state index in [0.29, 0.717) is 0 Å². The van der Waals surface area contributed by atoms with E-state index in [4.69, 9.17) is 0 Å². The minimum Gasteiger partial charge on any atom is -0.468 e. The van der Waals surface area contributed by atoms with Gasteiger partial charge >= 0.3 is 11.9 Å². The molecule has 0 unspecified atom stereocenters. The first-order valence-corrected chi connectivity index (χ1v) is 5.52. The Kier molecular flexibility index (Phi) is 5.57. The highest BCUT2D eigenvalue weighted by molar-refractivity contribution is 5.97. The van der Waals surface area contributed by atoms with Crippen LogP contribution in [0.4, 0.5) is 4.39 Å². The van der Waals surface area contributed by atoms with Crippen molar-refractivity contribution in [3.8, 4) is 0 Å². The topological polar surface area (TPSA) is 85.8 Å². The smallest absolute Gasteiger partial charge is 0.325 e. The minimum absolute atomic E-state index is 0.0368. The molecule has 0 aliphatic rings. The van der Waals surface area contributed by atoms with Gasteiger partial charge in [-0.05, 0) is 6.07 Å². The summed E-state index contributed by atoms with van der Waals surface area (Å²) in [4.78, 5) is 38.8. The fraction of sp³-hybridized carbons (Fsp3) is 0.333. The van der Waals surface area contributed by atoms with Crippen molar-refractivity contribution in [3.63, 3.8) is 0 Å². The van der Waals surface area contributed by atoms with Gasteiger partial charge in [-0.1, -0.05) is 0 Å². The van der Waals surface area contributed by atoms with E-state index in [1.54, 1.807) is 0 Å². The van der Waals surface area contributed by atoms with Crippen LogP contribution in [0.15, 0.2) is 18.3 Å². The number of halogens is 1. The summed E-state index contributed by atoms with van der Waals surface area (Å²) in [5, 5.41) is 0. The van der Waals surface area contributed by atoms with Crippen LogP contribution in [-0.4, -0.2) is 55.0 Å². The van der Waals surface area contributed by atoms with Crippen molar-refractivity contribution < 1.29 is 28.2 Å². The molecule has 1 heterocycles. The van der Waals surface area contributed by atoms with Crippen LogP contribution < -0.4 is 0 Å². The van der Waals surface area contributed by atoms with Crippen molar-refractivity contribution in [3.05, 3.63) is 29.8 Å². The highest BCUT2D eigenvalue weighted by Gasteiger charge is 2.22. The zero-order valence-electron chi connectivity index (χ0n) is 11.0. The summed E-state index contributed by atoms with van der Waals surface area (Å²) in [6.45, 7) is -0.900. The zero-order valence-corrected chi connectivity index (χ0v) is 11.0. The van der Waals surface area contributed by atoms with E-state index in [-0.39, 0.29) is 5.56 Å². The first-order valence-electron chi connectivity index (χ1n) is 5.52. The van der Waals surface area contributed by atoms with Crippen molar-refractivity contribution in [1.82, 2.24) is 9.88 Å². The molecule has 0 aliphatic carbocycles. The summed E-state index contributed by atoms with van der Waals surface area (Å²) in [6, 6.07) is 2.18. The molecule has 0 spiro atoms. The Balaban J connectivity index is 2.93. The second-order valence-corrected chi connectivity index (χ2v) is 3.68. The van der Waals surface area contributed by atoms with Crippen molar-refractivity contribution in [2.75, 3.05) is 27.3 Å². The van der Waals surface area contributed by atoms with Crippen LogP contribution in [0, 0.1) is 5.95 Å². The third kappa shape index (κ3) is 4.30. The van der Waals surface area contributed by atoms with E-state index >= 15 is 0 Å². The number of amides is 1. The molecule has 1 aromatic rings. The fourth-order valence-electron chi connectivity index (χ4n) is 1.36. The average Bonchev–Trinajstić information content (AvgIpc) is 2.45. The number of pyridine rings is 1. The first kappa shape index (κ1) is 15.5. The van der Waals surface area contributed by atoms with Gasteiger partial charge in [-0.3, -0.25) is 14.4 Å². The van der Waals surface area contributed by atoms with Gasteiger partial charge in [-0.15, -0.1) is 0 Å². The van der Waals surface area contributed by atoms with Gasteiger partial charge < -0.3 is 14.4 Å². The Morgan fingerprint density at radius 3 is 2.20 bits per heavy atom. The van der Waals surface area contributed by atoms with Crippen molar-refractivity contribution in [2.24, 2.45) is 0 Å². The third-order valence-corrected chi connectivity index (χ3v) is 2.36. The normalized spacial score (nSPS) is 9.75. The fourth-order valence-corrected chi connectivity index (χ4v) is 1.36. The lowest BCUT2D eigenvalue weighted by Gasteiger charge is -2.20. The van der Waals surface area contributed by atoms with Crippen LogP contribution in [0.2, 0.25) is 0 Å². The predicted molar refractivity (Wildman–Crippen MR) is 64.1 cm³/mol. The molecule has 0 saturated carbocycles. The molecule has 8 heteroatoms. The molecule has 0 aromatic carbocycles. The maximum atomic E-state index is 13.0. The molecule has 20 heavy (non-hydrogen) atoms. The Labute approximate surface area is 114 Å². The van der Waals surface area contributed by atoms with Gasteiger partial charge in [0, 0.05) is 17.8 Å². The standard InChI is InChI=1S/C12H13FN2O5/c1-19-10(16)6-15(7-11(17)20-2)12(18)8-3-4-14-9(13)5-8/h3-5H,6-7H2,1-2H3. The summed E-state index contributed by atoms with van der Waals surface area (Å²) in [6.07, 6.45) is 1.11. The second-order valence-electron chi connectivity index (χ2n) is 3.68. The molecular weight excluding hydrogens is 271 g/mol. The predicted octanol–water partition coefficient (Wildman–Crippen LogP) is 0.00890. The molecule has 1 rings (SSSR count). The second kappa shape index (κ2) is 7.17. The maximum Gasteiger partial charge on any atom is 0.325 e. The highest BCUT2D eigenvalue weighted by Crippen LogP contribution is 2.06. The lowest BCUT2D eigenvalue weighted by atomic mass is 10.2. The van der Waals surface area contributed by atoms with Crippen LogP contribution in [0.1, 0.15) is 10.4 Å². The SMILES string of the molecule is COC(=O)CN(CC(=O)OC)C(=O)c1ccnc(F)c1. The molecule has 0 bridgehead atoms. The van der Waals surface area contributed by atoms with Crippen LogP contribution >= 0.6 is 0 Å². The van der Waals surface area contributed by atoms with Gasteiger partial charge in [0.2, 0.25) is 5.95 Å². The number of carbonyl (C=O) groups is 3. The molecule has 0 fully saturated rings. The molecule has 108 valence electrons. The van der Waals surface area contributed by atoms with E-state index in [1.165, 1.54) is 6.07 Å². The van der Waals surface area contributed by atoms with Gasteiger partial charge in [0.15, 0.2) is 0 Å². The van der Waals surface area contributed by atoms with E-state index in [1.807, 2.05) is 0 Å². The number of ether oxygens (including phenoxy) is 2. The molecule has 0 radical (unpaired) electrons. The van der Waals surface area contributed by atoms with E-state index < -0.39 is 36.9 Å². The lowest BCUT2D eigenvalue weighted by molar-refractivity contribution is -0.144. The summed E-state index contributed by atoms with van der Waals surface area (Å²) in [5.74, 6) is -2.97. The Morgan fingerprint density at radius 1 is 1.20 bits per heavy atom. The molecule has 0 N–H and O–H groups in total. The molecule has 0 aliphatic heterocycles. The summed E-state index contributed by atoms with van der Waals surface area (Å²) in [5.41, 5.74) is -0.0368. The van der Waals surface area contributed by atoms with Crippen LogP contribution in [0.3, 0.4) is 0 Å². The first-order chi connectivity index (χ1) is 9.47. The van der Waals surface area contributed by atoms with Crippen molar-refractivity contribution in [2.45, 2.75) is 0 Å². The number of hydrogen-bond acceptors (Lipinski definition) is 6. The number of methoxy groups -OCH3 is 2. The van der Waals surface area contributed by atoms with Crippen LogP contribution in [0.5, 0.6) is 0 Å². The largest absolute Gasteiger partial charge is 0.468 e. The van der Waals surface area contributed by atoms with Gasteiger partial charge in [0.25, 0.3) is 5.91 Å². The molecule has 1 amide bonds. The highest BCUT2D eigenvalue weighted by atomic mass is 19.1. The van der Waals surface area contributed by atoms with Gasteiger partial charge in [-0.2, -0.15) is 4.39 Å². The van der Waals surface area contributed by atoms with Gasteiger partial charge in [-0.25, -0.2) is 4.98 Å². The summed E-state index contributed by atoms with van der Waals surface area (Å²) >= 11 is 0. The molecule has 1 aromatic heterocycles. The molecule has 0 atom stereocenters. The number of nitrogens with zero attached hydrogens (tertiary/aromatic N) is 2. The minimum atomic E-state index is -0.841. The summed E-state index contributed by atoms with van der Waals surface area (Å²) in [7, 11) is 2.30. The van der Waals surface area contributed by atoms with Crippen LogP contribution in [0.25, 0.3) is 0 Å². The third-order valence-electron chi connectivity index (χ3n) is 2.36. The number of aromatic nitrogens is 1. The van der Waals surface area contributed by atoms with E-state index in [9.17, 15) is 18.8 Å². The molecule has 0 saturated heterocycles. The molecule has 7 nitrogen and oxygen atoms in total. The van der Waals surface area contributed by atoms with Gasteiger partial charge in [0.1, 0.15) is 13.1 Å². The maximum absolute atomic E-state index is 13.0. The monoisotopic (exact) mass is 284 g/mol. The number of esters is 2. The van der Waals surface area contributed by atoms with Crippen LogP contribution in [-0.2, 0) is 19.1 Å². The quantitative estimate of drug-likeness (QED) is 0.559. The Bertz CT molecular complexity index is 502. The number of carbonyl (C=O) groups excluding carboxylic acids is 3. The summed E-state index contributed by atoms with van der Waals surface area (Å²) < 4.78 is 21.9. The lowest BCUT2D eigenvalue weighted by Crippen LogP contribution is -2.40. The number of hydrogen-bond donors (Lipinski definition) is 0. The van der Waals surface area contributed by atoms with Gasteiger partial charge in [0.05, 0.1) is 14.2 Å². The van der Waals surface area contributed by atoms with E-state index in [0.717, 1.165) is 31.4 Å².